The first-order chi connectivity index (χ1) is 8.18. The molecule has 1 aliphatic heterocycles. The van der Waals surface area contributed by atoms with E-state index in [1.807, 2.05) is 19.1 Å². The molecule has 0 spiro atoms. The van der Waals surface area contributed by atoms with Gasteiger partial charge in [0.1, 0.15) is 5.75 Å². The molecule has 0 amide bonds. The van der Waals surface area contributed by atoms with Gasteiger partial charge in [0.05, 0.1) is 16.9 Å². The Bertz CT molecular complexity index is 621. The third-order valence-corrected chi connectivity index (χ3v) is 3.21. The molecule has 1 unspecified atom stereocenters. The minimum atomic E-state index is -0.326. The Hall–Kier alpha value is -2.10. The van der Waals surface area contributed by atoms with Crippen LogP contribution in [0.25, 0.3) is 10.8 Å². The van der Waals surface area contributed by atoms with Crippen LogP contribution in [0.15, 0.2) is 30.3 Å². The molecule has 2 aromatic rings. The minimum absolute atomic E-state index is 0.164. The van der Waals surface area contributed by atoms with Crippen LogP contribution in [0.2, 0.25) is 0 Å². The van der Waals surface area contributed by atoms with Crippen LogP contribution in [-0.2, 0) is 0 Å². The zero-order valence-electron chi connectivity index (χ0n) is 9.34. The van der Waals surface area contributed by atoms with Gasteiger partial charge in [-0.1, -0.05) is 25.1 Å². The molecule has 0 aliphatic carbocycles. The van der Waals surface area contributed by atoms with Gasteiger partial charge in [0, 0.05) is 22.9 Å². The third kappa shape index (κ3) is 1.37. The van der Waals surface area contributed by atoms with E-state index in [0.717, 1.165) is 16.7 Å². The lowest BCUT2D eigenvalue weighted by molar-refractivity contribution is -0.383. The van der Waals surface area contributed by atoms with Crippen molar-refractivity contribution in [2.45, 2.75) is 12.8 Å². The van der Waals surface area contributed by atoms with Gasteiger partial charge in [0.25, 0.3) is 5.69 Å². The van der Waals surface area contributed by atoms with Gasteiger partial charge >= 0.3 is 0 Å². The first-order valence-electron chi connectivity index (χ1n) is 5.51. The number of non-ortho nitro benzene ring substituents is 1. The largest absolute Gasteiger partial charge is 0.492 e. The van der Waals surface area contributed by atoms with Gasteiger partial charge in [-0.2, -0.15) is 0 Å². The molecule has 86 valence electrons. The summed E-state index contributed by atoms with van der Waals surface area (Å²) in [7, 11) is 0. The van der Waals surface area contributed by atoms with Gasteiger partial charge in [0.15, 0.2) is 0 Å². The lowest BCUT2D eigenvalue weighted by Crippen LogP contribution is -1.94. The molecular weight excluding hydrogens is 218 g/mol. The van der Waals surface area contributed by atoms with Crippen molar-refractivity contribution in [3.8, 4) is 5.75 Å². The normalized spacial score (nSPS) is 17.8. The molecular formula is C13H11NO3. The first kappa shape index (κ1) is 10.1. The second-order valence-electron chi connectivity index (χ2n) is 4.33. The summed E-state index contributed by atoms with van der Waals surface area (Å²) >= 11 is 0. The first-order valence-corrected chi connectivity index (χ1v) is 5.51. The van der Waals surface area contributed by atoms with E-state index in [9.17, 15) is 10.1 Å². The van der Waals surface area contributed by atoms with Crippen molar-refractivity contribution in [2.75, 3.05) is 6.61 Å². The van der Waals surface area contributed by atoms with Gasteiger partial charge in [-0.05, 0) is 6.07 Å². The Labute approximate surface area is 98.0 Å². The van der Waals surface area contributed by atoms with Crippen molar-refractivity contribution in [1.29, 1.82) is 0 Å². The molecule has 0 bridgehead atoms. The second-order valence-corrected chi connectivity index (χ2v) is 4.33. The number of ether oxygens (including phenoxy) is 1. The van der Waals surface area contributed by atoms with Gasteiger partial charge < -0.3 is 4.74 Å². The van der Waals surface area contributed by atoms with E-state index in [1.165, 1.54) is 0 Å². The maximum Gasteiger partial charge on any atom is 0.277 e. The van der Waals surface area contributed by atoms with E-state index in [2.05, 4.69) is 0 Å². The summed E-state index contributed by atoms with van der Waals surface area (Å²) < 4.78 is 5.64. The predicted octanol–water partition coefficient (Wildman–Crippen LogP) is 3.24. The smallest absolute Gasteiger partial charge is 0.277 e. The highest BCUT2D eigenvalue weighted by Gasteiger charge is 2.27. The summed E-state index contributed by atoms with van der Waals surface area (Å²) in [5.74, 6) is 1.02. The molecule has 0 N–H and O–H groups in total. The molecule has 4 nitrogen and oxygen atoms in total. The predicted molar refractivity (Wildman–Crippen MR) is 64.5 cm³/mol. The molecule has 1 atom stereocenters. The van der Waals surface area contributed by atoms with Crippen LogP contribution in [0.4, 0.5) is 5.69 Å². The molecule has 17 heavy (non-hydrogen) atoms. The average Bonchev–Trinajstić information content (AvgIpc) is 2.70. The highest BCUT2D eigenvalue weighted by Crippen LogP contribution is 2.43. The molecule has 4 heteroatoms. The molecule has 2 aromatic carbocycles. The fourth-order valence-corrected chi connectivity index (χ4v) is 2.33. The monoisotopic (exact) mass is 229 g/mol. The van der Waals surface area contributed by atoms with E-state index in [4.69, 9.17) is 4.74 Å². The van der Waals surface area contributed by atoms with Crippen LogP contribution < -0.4 is 4.74 Å². The van der Waals surface area contributed by atoms with E-state index in [1.54, 1.807) is 18.2 Å². The number of rotatable bonds is 1. The number of nitrogens with zero attached hydrogens (tertiary/aromatic N) is 1. The maximum absolute atomic E-state index is 11.1. The highest BCUT2D eigenvalue weighted by atomic mass is 16.6. The van der Waals surface area contributed by atoms with Crippen molar-refractivity contribution in [3.05, 3.63) is 46.0 Å². The zero-order valence-corrected chi connectivity index (χ0v) is 9.34. The number of hydrogen-bond acceptors (Lipinski definition) is 3. The van der Waals surface area contributed by atoms with E-state index >= 15 is 0 Å². The lowest BCUT2D eigenvalue weighted by Gasteiger charge is -2.06. The molecule has 0 saturated heterocycles. The number of nitro groups is 1. The quantitative estimate of drug-likeness (QED) is 0.557. The van der Waals surface area contributed by atoms with Crippen molar-refractivity contribution in [1.82, 2.24) is 0 Å². The van der Waals surface area contributed by atoms with Crippen LogP contribution in [-0.4, -0.2) is 11.5 Å². The number of hydrogen-bond donors (Lipinski definition) is 0. The maximum atomic E-state index is 11.1. The Morgan fingerprint density at radius 1 is 1.35 bits per heavy atom. The Morgan fingerprint density at radius 2 is 2.06 bits per heavy atom. The summed E-state index contributed by atoms with van der Waals surface area (Å²) in [5.41, 5.74) is 1.10. The topological polar surface area (TPSA) is 52.4 Å². The molecule has 3 rings (SSSR count). The van der Waals surface area contributed by atoms with E-state index in [-0.39, 0.29) is 16.5 Å². The standard InChI is InChI=1S/C13H11NO3/c1-8-7-17-13-10-5-3-2-4-9(10)12(14(15)16)6-11(8)13/h2-6,8H,7H2,1H3. The van der Waals surface area contributed by atoms with Crippen molar-refractivity contribution < 1.29 is 9.66 Å². The third-order valence-electron chi connectivity index (χ3n) is 3.21. The van der Waals surface area contributed by atoms with Crippen molar-refractivity contribution in [2.24, 2.45) is 0 Å². The van der Waals surface area contributed by atoms with Crippen LogP contribution in [0.1, 0.15) is 18.4 Å². The summed E-state index contributed by atoms with van der Waals surface area (Å²) in [5, 5.41) is 12.6. The Balaban J connectivity index is 2.43. The summed E-state index contributed by atoms with van der Waals surface area (Å²) in [6, 6.07) is 8.97. The minimum Gasteiger partial charge on any atom is -0.492 e. The molecule has 0 fully saturated rings. The summed E-state index contributed by atoms with van der Waals surface area (Å²) in [6.45, 7) is 2.62. The van der Waals surface area contributed by atoms with Crippen LogP contribution in [0.5, 0.6) is 5.75 Å². The van der Waals surface area contributed by atoms with Gasteiger partial charge in [-0.15, -0.1) is 0 Å². The Kier molecular flexibility index (Phi) is 2.04. The number of fused-ring (bicyclic) bond motifs is 3. The summed E-state index contributed by atoms with van der Waals surface area (Å²) in [6.07, 6.45) is 0. The molecule has 1 heterocycles. The molecule has 0 saturated carbocycles. The number of benzene rings is 2. The van der Waals surface area contributed by atoms with Gasteiger partial charge in [0.2, 0.25) is 0 Å². The van der Waals surface area contributed by atoms with Crippen molar-refractivity contribution in [3.63, 3.8) is 0 Å². The Morgan fingerprint density at radius 3 is 2.76 bits per heavy atom. The van der Waals surface area contributed by atoms with Crippen molar-refractivity contribution >= 4 is 16.5 Å². The van der Waals surface area contributed by atoms with E-state index < -0.39 is 0 Å². The SMILES string of the molecule is CC1COc2c1cc([N+](=O)[O-])c1ccccc21. The van der Waals surface area contributed by atoms with Gasteiger partial charge in [-0.3, -0.25) is 10.1 Å². The number of nitro benzene ring substituents is 1. The fraction of sp³-hybridized carbons (Fsp3) is 0.231. The lowest BCUT2D eigenvalue weighted by atomic mass is 9.98. The zero-order chi connectivity index (χ0) is 12.0. The average molecular weight is 229 g/mol. The summed E-state index contributed by atoms with van der Waals surface area (Å²) in [4.78, 5) is 10.8. The van der Waals surface area contributed by atoms with Crippen LogP contribution in [0, 0.1) is 10.1 Å². The van der Waals surface area contributed by atoms with Crippen LogP contribution >= 0.6 is 0 Å². The highest BCUT2D eigenvalue weighted by molar-refractivity contribution is 5.97. The molecule has 0 radical (unpaired) electrons. The fourth-order valence-electron chi connectivity index (χ4n) is 2.33. The molecule has 1 aliphatic rings. The van der Waals surface area contributed by atoms with Crippen LogP contribution in [0.3, 0.4) is 0 Å². The second kappa shape index (κ2) is 3.45. The molecule has 0 aromatic heterocycles. The van der Waals surface area contributed by atoms with Gasteiger partial charge in [-0.25, -0.2) is 0 Å². The van der Waals surface area contributed by atoms with E-state index in [0.29, 0.717) is 12.0 Å².